The van der Waals surface area contributed by atoms with Crippen molar-refractivity contribution in [3.63, 3.8) is 0 Å². The first-order valence-electron chi connectivity index (χ1n) is 7.62. The Morgan fingerprint density at radius 3 is 1.78 bits per heavy atom. The average Bonchev–Trinajstić information content (AvgIpc) is 2.90. The molecule has 2 saturated heterocycles. The zero-order valence-corrected chi connectivity index (χ0v) is 13.5. The van der Waals surface area contributed by atoms with Crippen LogP contribution in [0.5, 0.6) is 0 Å². The van der Waals surface area contributed by atoms with Crippen LogP contribution in [0, 0.1) is 47.3 Å². The first-order chi connectivity index (χ1) is 8.80. The maximum absolute atomic E-state index is 6.96. The lowest BCUT2D eigenvalue weighted by atomic mass is 9.54. The first kappa shape index (κ1) is 10.6. The van der Waals surface area contributed by atoms with E-state index < -0.39 is 0 Å². The summed E-state index contributed by atoms with van der Waals surface area (Å²) < 4.78 is 6.96. The zero-order chi connectivity index (χ0) is 11.9. The summed E-state index contributed by atoms with van der Waals surface area (Å²) in [5.41, 5.74) is 0.663. The third-order valence-corrected chi connectivity index (χ3v) is 8.90. The Morgan fingerprint density at radius 1 is 0.833 bits per heavy atom. The van der Waals surface area contributed by atoms with Crippen molar-refractivity contribution in [3.05, 3.63) is 0 Å². The molecule has 0 amide bonds. The normalized spacial score (nSPS) is 75.0. The molecule has 5 saturated carbocycles. The minimum absolute atomic E-state index is 0.331. The van der Waals surface area contributed by atoms with Crippen LogP contribution >= 0.6 is 31.9 Å². The van der Waals surface area contributed by atoms with Gasteiger partial charge in [-0.15, -0.1) is 0 Å². The number of halogens is 2. The Kier molecular flexibility index (Phi) is 1.64. The van der Waals surface area contributed by atoms with E-state index in [-0.39, 0.29) is 0 Å². The number of hydrogen-bond acceptors (Lipinski definition) is 1. The maximum atomic E-state index is 6.96. The Balaban J connectivity index is 1.59. The molecule has 7 fully saturated rings. The van der Waals surface area contributed by atoms with Gasteiger partial charge >= 0.3 is 0 Å². The summed E-state index contributed by atoms with van der Waals surface area (Å²) in [5.74, 6) is 8.21. The van der Waals surface area contributed by atoms with Gasteiger partial charge in [0.25, 0.3) is 0 Å². The van der Waals surface area contributed by atoms with Crippen LogP contribution in [0.1, 0.15) is 19.3 Å². The highest BCUT2D eigenvalue weighted by atomic mass is 79.9. The smallest absolute Gasteiger partial charge is 0.0767 e. The van der Waals surface area contributed by atoms with Crippen molar-refractivity contribution >= 4 is 31.9 Å². The van der Waals surface area contributed by atoms with Gasteiger partial charge in [0.2, 0.25) is 0 Å². The van der Waals surface area contributed by atoms with Crippen molar-refractivity contribution in [1.29, 1.82) is 0 Å². The lowest BCUT2D eigenvalue weighted by Gasteiger charge is -2.47. The number of hydrogen-bond donors (Lipinski definition) is 0. The van der Waals surface area contributed by atoms with Crippen LogP contribution < -0.4 is 0 Å². The van der Waals surface area contributed by atoms with Crippen molar-refractivity contribution in [1.82, 2.24) is 0 Å². The molecule has 7 aliphatic rings. The highest BCUT2D eigenvalue weighted by molar-refractivity contribution is 9.09. The molecule has 98 valence electrons. The summed E-state index contributed by atoms with van der Waals surface area (Å²) in [5, 5.41) is 2.28. The highest BCUT2D eigenvalue weighted by Crippen LogP contribution is 2.93. The first-order valence-corrected chi connectivity index (χ1v) is 9.86. The average molecular weight is 374 g/mol. The molecule has 0 aromatic carbocycles. The quantitative estimate of drug-likeness (QED) is 0.686. The molecule has 0 aromatic heterocycles. The molecule has 2 heterocycles. The number of alkyl halides is 2. The van der Waals surface area contributed by atoms with Crippen molar-refractivity contribution in [2.24, 2.45) is 47.3 Å². The van der Waals surface area contributed by atoms with Crippen LogP contribution in [0.25, 0.3) is 0 Å². The van der Waals surface area contributed by atoms with E-state index in [9.17, 15) is 0 Å². The SMILES string of the molecule is BrCCC12OC3(CCBr)C4C5CC(C6C5C3C61)C42. The molecule has 3 heteroatoms. The van der Waals surface area contributed by atoms with Gasteiger partial charge in [-0.3, -0.25) is 0 Å². The minimum Gasteiger partial charge on any atom is -0.367 e. The molecule has 18 heavy (non-hydrogen) atoms. The topological polar surface area (TPSA) is 9.23 Å². The van der Waals surface area contributed by atoms with Gasteiger partial charge in [-0.05, 0) is 66.6 Å². The molecule has 0 spiro atoms. The zero-order valence-electron chi connectivity index (χ0n) is 10.3. The summed E-state index contributed by atoms with van der Waals surface area (Å²) in [6.45, 7) is 0. The van der Waals surface area contributed by atoms with E-state index in [0.29, 0.717) is 11.2 Å². The van der Waals surface area contributed by atoms with E-state index in [4.69, 9.17) is 4.74 Å². The fourth-order valence-corrected chi connectivity index (χ4v) is 9.81. The van der Waals surface area contributed by atoms with E-state index in [2.05, 4.69) is 31.9 Å². The van der Waals surface area contributed by atoms with Crippen molar-refractivity contribution in [2.75, 3.05) is 10.7 Å². The van der Waals surface area contributed by atoms with Gasteiger partial charge in [-0.2, -0.15) is 0 Å². The predicted octanol–water partition coefficient (Wildman–Crippen LogP) is 3.45. The van der Waals surface area contributed by atoms with E-state index >= 15 is 0 Å². The molecule has 7 rings (SSSR count). The third-order valence-electron chi connectivity index (χ3n) is 8.11. The number of rotatable bonds is 4. The predicted molar refractivity (Wildman–Crippen MR) is 75.9 cm³/mol. The van der Waals surface area contributed by atoms with Gasteiger partial charge in [0.1, 0.15) is 0 Å². The molecule has 10 atom stereocenters. The Hall–Kier alpha value is 0.920. The lowest BCUT2D eigenvalue weighted by molar-refractivity contribution is -0.0738. The van der Waals surface area contributed by atoms with Crippen LogP contribution in [0.4, 0.5) is 0 Å². The second kappa shape index (κ2) is 2.78. The molecule has 0 aromatic rings. The Labute approximate surface area is 125 Å². The lowest BCUT2D eigenvalue weighted by Crippen LogP contribution is -2.51. The molecule has 0 radical (unpaired) electrons. The molecule has 2 aliphatic heterocycles. The summed E-state index contributed by atoms with van der Waals surface area (Å²) >= 11 is 7.41. The van der Waals surface area contributed by atoms with Gasteiger partial charge < -0.3 is 4.74 Å². The van der Waals surface area contributed by atoms with Crippen LogP contribution in [-0.2, 0) is 4.74 Å². The largest absolute Gasteiger partial charge is 0.367 e. The van der Waals surface area contributed by atoms with Crippen molar-refractivity contribution in [3.8, 4) is 0 Å². The fraction of sp³-hybridized carbons (Fsp3) is 1.00. The monoisotopic (exact) mass is 372 g/mol. The standard InChI is InChI=1S/C15H18Br2O/c16-3-1-14-10-6-5-7-9-8(6)12(14)13(9)15(18-14,2-4-17)11(7)10/h6-13H,1-5H2. The van der Waals surface area contributed by atoms with Gasteiger partial charge in [0.15, 0.2) is 0 Å². The van der Waals surface area contributed by atoms with Crippen LogP contribution in [0.15, 0.2) is 0 Å². The fourth-order valence-electron chi connectivity index (χ4n) is 8.58. The minimum atomic E-state index is 0.331. The maximum Gasteiger partial charge on any atom is 0.0767 e. The van der Waals surface area contributed by atoms with Gasteiger partial charge in [0.05, 0.1) is 11.2 Å². The number of ether oxygens (including phenoxy) is 1. The molecule has 1 nitrogen and oxygen atoms in total. The molecular formula is C15H18Br2O. The Bertz CT molecular complexity index is 423. The van der Waals surface area contributed by atoms with Crippen LogP contribution in [0.2, 0.25) is 0 Å². The van der Waals surface area contributed by atoms with E-state index in [1.807, 2.05) is 0 Å². The summed E-state index contributed by atoms with van der Waals surface area (Å²) in [4.78, 5) is 0. The second-order valence-corrected chi connectivity index (χ2v) is 9.30. The second-order valence-electron chi connectivity index (χ2n) is 7.71. The van der Waals surface area contributed by atoms with Crippen molar-refractivity contribution < 1.29 is 4.74 Å². The molecule has 5 aliphatic carbocycles. The van der Waals surface area contributed by atoms with Crippen molar-refractivity contribution in [2.45, 2.75) is 30.5 Å². The summed E-state index contributed by atoms with van der Waals surface area (Å²) in [6.07, 6.45) is 4.15. The van der Waals surface area contributed by atoms with Gasteiger partial charge in [-0.25, -0.2) is 0 Å². The van der Waals surface area contributed by atoms with Crippen LogP contribution in [-0.4, -0.2) is 21.9 Å². The molecule has 0 N–H and O–H groups in total. The van der Waals surface area contributed by atoms with E-state index in [1.54, 1.807) is 6.42 Å². The van der Waals surface area contributed by atoms with Crippen LogP contribution in [0.3, 0.4) is 0 Å². The molecule has 10 unspecified atom stereocenters. The highest BCUT2D eigenvalue weighted by Gasteiger charge is 2.96. The summed E-state index contributed by atoms with van der Waals surface area (Å²) in [7, 11) is 0. The van der Waals surface area contributed by atoms with Gasteiger partial charge in [-0.1, -0.05) is 31.9 Å². The molecule has 4 bridgehead atoms. The third kappa shape index (κ3) is 0.689. The summed E-state index contributed by atoms with van der Waals surface area (Å²) in [6, 6.07) is 0. The van der Waals surface area contributed by atoms with Gasteiger partial charge in [0, 0.05) is 10.7 Å². The Morgan fingerprint density at radius 2 is 1.33 bits per heavy atom. The van der Waals surface area contributed by atoms with E-state index in [1.165, 1.54) is 12.8 Å². The van der Waals surface area contributed by atoms with E-state index in [0.717, 1.165) is 58.0 Å². The molecular weight excluding hydrogens is 356 g/mol.